The topological polar surface area (TPSA) is 57.0 Å². The minimum atomic E-state index is -0.573. The molecule has 150 valence electrons. The second-order valence-electron chi connectivity index (χ2n) is 8.38. The highest BCUT2D eigenvalue weighted by Crippen LogP contribution is 2.29. The standard InChI is InChI=1S/C21H30INO4/c1-6-20(2,3)27-19(25)23-12-10-16(11-13-23)21(4,5)26-18(24)15-8-7-9-17(22)14-15/h7-9,14,16H,6,10-13H2,1-5H3/p+1. The van der Waals surface area contributed by atoms with E-state index in [0.717, 1.165) is 27.7 Å². The molecule has 0 saturated carbocycles. The van der Waals surface area contributed by atoms with Crippen molar-refractivity contribution < 1.29 is 24.0 Å². The lowest BCUT2D eigenvalue weighted by Gasteiger charge is -2.38. The van der Waals surface area contributed by atoms with E-state index in [2.05, 4.69) is 22.6 Å². The van der Waals surface area contributed by atoms with Crippen LogP contribution in [0, 0.1) is 9.49 Å². The van der Waals surface area contributed by atoms with E-state index in [4.69, 9.17) is 9.47 Å². The molecule has 0 radical (unpaired) electrons. The maximum Gasteiger partial charge on any atom is 0.514 e. The first-order chi connectivity index (χ1) is 12.5. The van der Waals surface area contributed by atoms with Crippen LogP contribution in [0.5, 0.6) is 0 Å². The molecule has 27 heavy (non-hydrogen) atoms. The molecule has 0 atom stereocenters. The predicted octanol–water partition coefficient (Wildman–Crippen LogP) is 3.85. The number of ether oxygens (including phenoxy) is 2. The predicted molar refractivity (Wildman–Crippen MR) is 113 cm³/mol. The molecule has 1 fully saturated rings. The fourth-order valence-corrected chi connectivity index (χ4v) is 3.80. The van der Waals surface area contributed by atoms with Crippen molar-refractivity contribution >= 4 is 34.7 Å². The van der Waals surface area contributed by atoms with Gasteiger partial charge in [0, 0.05) is 22.3 Å². The zero-order valence-corrected chi connectivity index (χ0v) is 19.1. The number of amides is 1. The van der Waals surface area contributed by atoms with E-state index in [1.54, 1.807) is 6.07 Å². The number of rotatable bonds is 5. The van der Waals surface area contributed by atoms with Crippen LogP contribution in [0.3, 0.4) is 0 Å². The monoisotopic (exact) mass is 488 g/mol. The zero-order valence-electron chi connectivity index (χ0n) is 16.9. The summed E-state index contributed by atoms with van der Waals surface area (Å²) in [5.41, 5.74) is -0.428. The SMILES string of the molecule is CCC(C)(C)OC(=O)[NH+]1CCC(C(C)(C)OC(=O)c2cccc(I)c2)CC1. The van der Waals surface area contributed by atoms with Gasteiger partial charge in [-0.3, -0.25) is 0 Å². The molecule has 0 aliphatic carbocycles. The quantitative estimate of drug-likeness (QED) is 0.506. The van der Waals surface area contributed by atoms with Crippen molar-refractivity contribution in [3.8, 4) is 0 Å². The van der Waals surface area contributed by atoms with Gasteiger partial charge in [0.15, 0.2) is 0 Å². The molecule has 5 nitrogen and oxygen atoms in total. The van der Waals surface area contributed by atoms with Crippen molar-refractivity contribution in [2.24, 2.45) is 5.92 Å². The van der Waals surface area contributed by atoms with Gasteiger partial charge in [0.1, 0.15) is 11.2 Å². The third-order valence-electron chi connectivity index (χ3n) is 5.50. The molecule has 1 aromatic carbocycles. The summed E-state index contributed by atoms with van der Waals surface area (Å²) >= 11 is 2.18. The summed E-state index contributed by atoms with van der Waals surface area (Å²) in [6.45, 7) is 11.2. The summed E-state index contributed by atoms with van der Waals surface area (Å²) in [6.07, 6.45) is 2.26. The number of esters is 1. The number of alkyl carbamates (subject to hydrolysis) is 2. The van der Waals surface area contributed by atoms with Crippen LogP contribution >= 0.6 is 22.6 Å². The van der Waals surface area contributed by atoms with E-state index in [-0.39, 0.29) is 18.0 Å². The van der Waals surface area contributed by atoms with E-state index in [1.165, 1.54) is 0 Å². The summed E-state index contributed by atoms with van der Waals surface area (Å²) in [5.74, 6) is -0.0719. The van der Waals surface area contributed by atoms with Gasteiger partial charge in [0.05, 0.1) is 18.7 Å². The Morgan fingerprint density at radius 3 is 2.33 bits per heavy atom. The molecular formula is C21H31INO4+. The van der Waals surface area contributed by atoms with E-state index in [1.807, 2.05) is 52.8 Å². The van der Waals surface area contributed by atoms with Crippen LogP contribution < -0.4 is 4.90 Å². The molecule has 6 heteroatoms. The maximum atomic E-state index is 12.5. The molecule has 1 amide bonds. The number of benzene rings is 1. The molecule has 1 N–H and O–H groups in total. The maximum absolute atomic E-state index is 12.5. The first-order valence-electron chi connectivity index (χ1n) is 9.61. The highest BCUT2D eigenvalue weighted by molar-refractivity contribution is 14.1. The van der Waals surface area contributed by atoms with Crippen LogP contribution in [-0.2, 0) is 9.47 Å². The van der Waals surface area contributed by atoms with Gasteiger partial charge < -0.3 is 9.47 Å². The summed E-state index contributed by atoms with van der Waals surface area (Å²) < 4.78 is 12.5. The first kappa shape index (κ1) is 22.1. The zero-order chi connectivity index (χ0) is 20.2. The van der Waals surface area contributed by atoms with Crippen molar-refractivity contribution in [2.45, 2.75) is 65.1 Å². The van der Waals surface area contributed by atoms with Crippen molar-refractivity contribution in [1.29, 1.82) is 0 Å². The normalized spacial score (nSPS) is 20.8. The molecule has 1 aliphatic rings. The summed E-state index contributed by atoms with van der Waals surface area (Å²) in [6, 6.07) is 7.41. The summed E-state index contributed by atoms with van der Waals surface area (Å²) in [7, 11) is 0. The van der Waals surface area contributed by atoms with Gasteiger partial charge in [-0.1, -0.05) is 13.0 Å². The number of halogens is 1. The first-order valence-corrected chi connectivity index (χ1v) is 10.7. The van der Waals surface area contributed by atoms with Crippen LogP contribution in [-0.4, -0.2) is 36.4 Å². The van der Waals surface area contributed by atoms with Crippen LogP contribution in [0.4, 0.5) is 4.79 Å². The Kier molecular flexibility index (Phi) is 7.30. The number of piperidine rings is 1. The Labute approximate surface area is 175 Å². The van der Waals surface area contributed by atoms with Crippen LogP contribution in [0.25, 0.3) is 0 Å². The van der Waals surface area contributed by atoms with E-state index in [9.17, 15) is 9.59 Å². The summed E-state index contributed by atoms with van der Waals surface area (Å²) in [4.78, 5) is 25.7. The lowest BCUT2D eigenvalue weighted by Crippen LogP contribution is -3.16. The van der Waals surface area contributed by atoms with E-state index >= 15 is 0 Å². The Balaban J connectivity index is 1.92. The van der Waals surface area contributed by atoms with Gasteiger partial charge in [-0.15, -0.1) is 0 Å². The molecule has 1 saturated heterocycles. The van der Waals surface area contributed by atoms with Gasteiger partial charge in [-0.25, -0.2) is 9.69 Å². The number of hydrogen-bond acceptors (Lipinski definition) is 4. The number of carbonyl (C=O) groups excluding carboxylic acids is 2. The molecular weight excluding hydrogens is 457 g/mol. The van der Waals surface area contributed by atoms with Crippen LogP contribution in [0.15, 0.2) is 24.3 Å². The molecule has 0 bridgehead atoms. The number of carbonyl (C=O) groups is 2. The fourth-order valence-electron chi connectivity index (χ4n) is 3.26. The number of likely N-dealkylation sites (tertiary alicyclic amines) is 1. The smallest absolute Gasteiger partial charge is 0.456 e. The van der Waals surface area contributed by atoms with Gasteiger partial charge in [0.25, 0.3) is 0 Å². The minimum Gasteiger partial charge on any atom is -0.456 e. The minimum absolute atomic E-state index is 0.172. The fraction of sp³-hybridized carbons (Fsp3) is 0.619. The second-order valence-corrected chi connectivity index (χ2v) is 9.63. The Bertz CT molecular complexity index is 679. The summed E-state index contributed by atoms with van der Waals surface area (Å²) in [5, 5.41) is 0. The van der Waals surface area contributed by atoms with Crippen LogP contribution in [0.2, 0.25) is 0 Å². The molecule has 1 aliphatic heterocycles. The molecule has 2 rings (SSSR count). The lowest BCUT2D eigenvalue weighted by molar-refractivity contribution is -0.832. The number of quaternary nitrogens is 1. The Morgan fingerprint density at radius 1 is 1.15 bits per heavy atom. The molecule has 0 spiro atoms. The third kappa shape index (κ3) is 6.17. The van der Waals surface area contributed by atoms with Gasteiger partial charge in [-0.2, -0.15) is 4.79 Å². The molecule has 1 aromatic rings. The van der Waals surface area contributed by atoms with E-state index < -0.39 is 11.2 Å². The molecule has 0 aromatic heterocycles. The van der Waals surface area contributed by atoms with Gasteiger partial charge >= 0.3 is 12.1 Å². The van der Waals surface area contributed by atoms with Crippen molar-refractivity contribution in [2.75, 3.05) is 13.1 Å². The second kappa shape index (κ2) is 8.90. The lowest BCUT2D eigenvalue weighted by atomic mass is 9.83. The van der Waals surface area contributed by atoms with Crippen LogP contribution in [0.1, 0.15) is 64.2 Å². The molecule has 0 unspecified atom stereocenters. The number of hydrogen-bond donors (Lipinski definition) is 1. The van der Waals surface area contributed by atoms with Gasteiger partial charge in [-0.05, 0) is 74.9 Å². The Hall–Kier alpha value is -1.15. The highest BCUT2D eigenvalue weighted by atomic mass is 127. The highest BCUT2D eigenvalue weighted by Gasteiger charge is 2.40. The number of nitrogens with one attached hydrogen (secondary N) is 1. The largest absolute Gasteiger partial charge is 0.514 e. The molecule has 1 heterocycles. The average molecular weight is 488 g/mol. The third-order valence-corrected chi connectivity index (χ3v) is 6.17. The van der Waals surface area contributed by atoms with Crippen molar-refractivity contribution in [3.05, 3.63) is 33.4 Å². The Morgan fingerprint density at radius 2 is 1.78 bits per heavy atom. The average Bonchev–Trinajstić information content (AvgIpc) is 2.61. The van der Waals surface area contributed by atoms with E-state index in [0.29, 0.717) is 18.7 Å². The van der Waals surface area contributed by atoms with Crippen molar-refractivity contribution in [3.63, 3.8) is 0 Å². The van der Waals surface area contributed by atoms with Gasteiger partial charge in [0.2, 0.25) is 0 Å². The van der Waals surface area contributed by atoms with Crippen molar-refractivity contribution in [1.82, 2.24) is 0 Å².